The van der Waals surface area contributed by atoms with Crippen LogP contribution >= 0.6 is 28.4 Å². The zero-order chi connectivity index (χ0) is 28.0. The number of anilines is 1. The first kappa shape index (κ1) is 27.8. The number of hydrogen-bond acceptors (Lipinski definition) is 11. The maximum absolute atomic E-state index is 10.8. The Balaban J connectivity index is 1.33. The van der Waals surface area contributed by atoms with Crippen molar-refractivity contribution < 1.29 is 34.2 Å². The Kier molecular flexibility index (Phi) is 8.00. The number of hydrogen-bond donors (Lipinski definition) is 5. The van der Waals surface area contributed by atoms with E-state index < -0.39 is 41.3 Å². The van der Waals surface area contributed by atoms with Crippen molar-refractivity contribution in [3.8, 4) is 0 Å². The molecule has 0 saturated carbocycles. The van der Waals surface area contributed by atoms with Crippen molar-refractivity contribution in [2.45, 2.75) is 37.1 Å². The second-order valence-corrected chi connectivity index (χ2v) is 12.7. The summed E-state index contributed by atoms with van der Waals surface area (Å²) in [6.45, 7) is 0.304. The second kappa shape index (κ2) is 11.5. The van der Waals surface area contributed by atoms with Gasteiger partial charge in [0.05, 0.1) is 24.9 Å². The van der Waals surface area contributed by atoms with Crippen molar-refractivity contribution in [2.75, 3.05) is 17.4 Å². The van der Waals surface area contributed by atoms with Gasteiger partial charge in [0.25, 0.3) is 0 Å². The van der Waals surface area contributed by atoms with Gasteiger partial charge in [-0.1, -0.05) is 54.6 Å². The molecule has 40 heavy (non-hydrogen) atoms. The molecular formula is C25H26ClN5O7P2. The molecule has 12 nitrogen and oxygen atoms in total. The normalized spacial score (nSPS) is 25.2. The lowest BCUT2D eigenvalue weighted by molar-refractivity contribution is -0.0471. The molecule has 6 atom stereocenters. The monoisotopic (exact) mass is 605 g/mol. The number of halogens is 1. The van der Waals surface area contributed by atoms with Gasteiger partial charge in [-0.25, -0.2) is 4.98 Å². The summed E-state index contributed by atoms with van der Waals surface area (Å²) in [6, 6.07) is 18.1. The summed E-state index contributed by atoms with van der Waals surface area (Å²) in [7, 11) is -4.45. The lowest BCUT2D eigenvalue weighted by Crippen LogP contribution is -2.33. The number of aliphatic hydroxyl groups excluding tert-OH is 2. The first-order valence-corrected chi connectivity index (χ1v) is 15.6. The fourth-order valence-corrected chi connectivity index (χ4v) is 6.92. The minimum Gasteiger partial charge on any atom is -0.387 e. The van der Waals surface area contributed by atoms with Gasteiger partial charge in [0, 0.05) is 6.54 Å². The molecule has 15 heteroatoms. The lowest BCUT2D eigenvalue weighted by Gasteiger charge is -2.27. The molecule has 0 radical (unpaired) electrons. The summed E-state index contributed by atoms with van der Waals surface area (Å²) in [4.78, 5) is 43.6. The van der Waals surface area contributed by atoms with Crippen molar-refractivity contribution in [2.24, 2.45) is 0 Å². The van der Waals surface area contributed by atoms with E-state index in [1.807, 2.05) is 30.3 Å². The van der Waals surface area contributed by atoms with Gasteiger partial charge in [-0.15, -0.1) is 0 Å². The number of rotatable bonds is 8. The van der Waals surface area contributed by atoms with Crippen LogP contribution in [0.2, 0.25) is 5.28 Å². The molecule has 1 fully saturated rings. The average Bonchev–Trinajstić information content (AvgIpc) is 3.61. The Bertz CT molecular complexity index is 1500. The van der Waals surface area contributed by atoms with Crippen LogP contribution in [0.1, 0.15) is 29.0 Å². The minimum absolute atomic E-state index is 0.0182. The Labute approximate surface area is 236 Å². The van der Waals surface area contributed by atoms with Crippen molar-refractivity contribution in [3.05, 3.63) is 82.9 Å². The number of benzene rings is 2. The Morgan fingerprint density at radius 3 is 2.52 bits per heavy atom. The first-order chi connectivity index (χ1) is 19.3. The zero-order valence-electron chi connectivity index (χ0n) is 20.8. The largest absolute Gasteiger partial charge is 0.387 e. The molecule has 6 rings (SSSR count). The van der Waals surface area contributed by atoms with Gasteiger partial charge in [0.2, 0.25) is 5.28 Å². The van der Waals surface area contributed by atoms with Crippen molar-refractivity contribution >= 4 is 45.3 Å². The van der Waals surface area contributed by atoms with Gasteiger partial charge in [0.1, 0.15) is 18.3 Å². The molecule has 2 aromatic heterocycles. The summed E-state index contributed by atoms with van der Waals surface area (Å²) < 4.78 is 12.6. The molecule has 0 amide bonds. The Morgan fingerprint density at radius 2 is 1.75 bits per heavy atom. The van der Waals surface area contributed by atoms with E-state index in [0.29, 0.717) is 23.5 Å². The third-order valence-corrected chi connectivity index (χ3v) is 9.61. The molecule has 1 saturated heterocycles. The summed E-state index contributed by atoms with van der Waals surface area (Å²) in [5.41, 5.74) is 4.13. The average molecular weight is 606 g/mol. The molecule has 2 aliphatic heterocycles. The Morgan fingerprint density at radius 1 is 1.00 bits per heavy atom. The van der Waals surface area contributed by atoms with Gasteiger partial charge in [-0.3, -0.25) is 4.57 Å². The van der Waals surface area contributed by atoms with Gasteiger partial charge >= 0.3 is 0 Å². The van der Waals surface area contributed by atoms with Crippen LogP contribution in [0.4, 0.5) is 5.82 Å². The molecule has 2 aliphatic rings. The molecule has 4 aromatic rings. The fraction of sp³-hybridized carbons (Fsp3) is 0.320. The summed E-state index contributed by atoms with van der Waals surface area (Å²) >= 11 is 6.43. The van der Waals surface area contributed by atoms with Crippen molar-refractivity contribution in [1.82, 2.24) is 19.5 Å². The highest BCUT2D eigenvalue weighted by Crippen LogP contribution is 2.45. The summed E-state index contributed by atoms with van der Waals surface area (Å²) in [6.07, 6.45) is -3.33. The van der Waals surface area contributed by atoms with Crippen LogP contribution in [-0.2, 0) is 15.8 Å². The summed E-state index contributed by atoms with van der Waals surface area (Å²) in [5, 5.41) is 21.4. The molecule has 0 aliphatic carbocycles. The fourth-order valence-electron chi connectivity index (χ4n) is 5.25. The minimum atomic E-state index is -2.33. The molecule has 0 bridgehead atoms. The van der Waals surface area contributed by atoms with Crippen LogP contribution in [0.15, 0.2) is 60.9 Å². The number of ether oxygens (including phenoxy) is 1. The van der Waals surface area contributed by atoms with Gasteiger partial charge in [-0.05, 0) is 28.3 Å². The first-order valence-electron chi connectivity index (χ1n) is 12.4. The molecule has 210 valence electrons. The maximum Gasteiger partial charge on any atom is 0.226 e. The smallest absolute Gasteiger partial charge is 0.226 e. The van der Waals surface area contributed by atoms with Crippen molar-refractivity contribution in [1.29, 1.82) is 0 Å². The van der Waals surface area contributed by atoms with Crippen LogP contribution in [0.3, 0.4) is 0 Å². The predicted octanol–water partition coefficient (Wildman–Crippen LogP) is 2.78. The van der Waals surface area contributed by atoms with E-state index in [1.165, 1.54) is 10.9 Å². The third-order valence-electron chi connectivity index (χ3n) is 7.01. The van der Waals surface area contributed by atoms with Gasteiger partial charge in [0.15, 0.2) is 40.0 Å². The van der Waals surface area contributed by atoms with Gasteiger partial charge < -0.3 is 39.1 Å². The van der Waals surface area contributed by atoms with Crippen LogP contribution in [0.5, 0.6) is 0 Å². The molecular weight excluding hydrogens is 580 g/mol. The predicted molar refractivity (Wildman–Crippen MR) is 148 cm³/mol. The zero-order valence-corrected chi connectivity index (χ0v) is 23.4. The standard InChI is InChI=1S/C25H26ClN5O7P2/c26-25-28-22(30-10-15-8-4-5-9-16(15)19(30)14-6-2-1-3-7-14)18-23(29-25)31(12-27-18)24-21(33)20(32)17(38-24)11-37-40(36)13-39(34)35/h1-9,12,17,19-21,24,32-36H,10-11,13H2. The van der Waals surface area contributed by atoms with Crippen LogP contribution in [0.25, 0.3) is 11.2 Å². The summed E-state index contributed by atoms with van der Waals surface area (Å²) in [5.74, 6) is 0.205. The molecule has 5 N–H and O–H groups in total. The van der Waals surface area contributed by atoms with E-state index in [1.54, 1.807) is 0 Å². The highest BCUT2D eigenvalue weighted by Gasteiger charge is 2.45. The second-order valence-electron chi connectivity index (χ2n) is 9.49. The molecule has 0 spiro atoms. The lowest BCUT2D eigenvalue weighted by atomic mass is 9.98. The number of aromatic nitrogens is 4. The van der Waals surface area contributed by atoms with Gasteiger partial charge in [-0.2, -0.15) is 9.97 Å². The quantitative estimate of drug-likeness (QED) is 0.148. The van der Waals surface area contributed by atoms with E-state index >= 15 is 0 Å². The topological polar surface area (TPSA) is 166 Å². The number of imidazole rings is 1. The number of aliphatic hydroxyl groups is 2. The van der Waals surface area contributed by atoms with E-state index in [4.69, 9.17) is 30.6 Å². The molecule has 6 unspecified atom stereocenters. The number of nitrogens with zero attached hydrogens (tertiary/aromatic N) is 5. The molecule has 4 heterocycles. The third kappa shape index (κ3) is 5.21. The van der Waals surface area contributed by atoms with E-state index in [9.17, 15) is 15.1 Å². The van der Waals surface area contributed by atoms with Crippen LogP contribution < -0.4 is 4.90 Å². The van der Waals surface area contributed by atoms with E-state index in [-0.39, 0.29) is 23.8 Å². The van der Waals surface area contributed by atoms with Crippen LogP contribution in [-0.4, -0.2) is 75.2 Å². The highest BCUT2D eigenvalue weighted by atomic mass is 35.5. The SMILES string of the molecule is OC1C(COP(O)CP(O)O)OC(n2cnc3c(N4Cc5ccccc5C4c4ccccc4)nc(Cl)nc32)C1O. The van der Waals surface area contributed by atoms with Crippen molar-refractivity contribution in [3.63, 3.8) is 0 Å². The molecule has 2 aromatic carbocycles. The Hall–Kier alpha value is -2.34. The van der Waals surface area contributed by atoms with E-state index in [2.05, 4.69) is 44.1 Å². The van der Waals surface area contributed by atoms with Crippen LogP contribution in [0, 0.1) is 0 Å². The number of fused-ring (bicyclic) bond motifs is 2. The highest BCUT2D eigenvalue weighted by molar-refractivity contribution is 7.63. The maximum atomic E-state index is 10.8. The van der Waals surface area contributed by atoms with E-state index in [0.717, 1.165) is 16.7 Å².